The maximum atomic E-state index is 13.1. The van der Waals surface area contributed by atoms with Gasteiger partial charge in [-0.1, -0.05) is 42.5 Å². The number of rotatable bonds is 6. The third kappa shape index (κ3) is 4.45. The van der Waals surface area contributed by atoms with Crippen LogP contribution in [0.15, 0.2) is 54.6 Å². The zero-order valence-electron chi connectivity index (χ0n) is 14.7. The third-order valence-electron chi connectivity index (χ3n) is 4.86. The average Bonchev–Trinajstić information content (AvgIpc) is 3.09. The summed E-state index contributed by atoms with van der Waals surface area (Å²) < 4.78 is 13.1. The van der Waals surface area contributed by atoms with Crippen LogP contribution in [-0.2, 0) is 17.9 Å². The van der Waals surface area contributed by atoms with E-state index in [0.717, 1.165) is 31.5 Å². The number of halogens is 1. The molecule has 1 atom stereocenters. The number of likely N-dealkylation sites (tertiary alicyclic amines) is 1. The minimum absolute atomic E-state index is 0.0550. The SMILES string of the molecule is CCN(Cc1ccc(F)cc1)C(=O)C1CCCN1Cc1ccccc1. The summed E-state index contributed by atoms with van der Waals surface area (Å²) in [5, 5.41) is 0. The highest BCUT2D eigenvalue weighted by molar-refractivity contribution is 5.82. The highest BCUT2D eigenvalue weighted by Gasteiger charge is 2.33. The van der Waals surface area contributed by atoms with E-state index in [1.54, 1.807) is 12.1 Å². The third-order valence-corrected chi connectivity index (χ3v) is 4.86. The Kier molecular flexibility index (Phi) is 5.82. The van der Waals surface area contributed by atoms with Crippen molar-refractivity contribution in [2.24, 2.45) is 0 Å². The van der Waals surface area contributed by atoms with E-state index in [1.165, 1.54) is 17.7 Å². The summed E-state index contributed by atoms with van der Waals surface area (Å²) in [6.45, 7) is 4.96. The van der Waals surface area contributed by atoms with Gasteiger partial charge in [-0.25, -0.2) is 4.39 Å². The van der Waals surface area contributed by atoms with Gasteiger partial charge in [-0.3, -0.25) is 9.69 Å². The fourth-order valence-corrected chi connectivity index (χ4v) is 3.48. The van der Waals surface area contributed by atoms with Crippen LogP contribution in [0.4, 0.5) is 4.39 Å². The molecule has 1 saturated heterocycles. The number of hydrogen-bond acceptors (Lipinski definition) is 2. The number of carbonyl (C=O) groups is 1. The van der Waals surface area contributed by atoms with Crippen molar-refractivity contribution < 1.29 is 9.18 Å². The van der Waals surface area contributed by atoms with E-state index in [-0.39, 0.29) is 17.8 Å². The van der Waals surface area contributed by atoms with Crippen molar-refractivity contribution in [2.45, 2.75) is 38.9 Å². The molecule has 0 radical (unpaired) electrons. The molecule has 0 aromatic heterocycles. The van der Waals surface area contributed by atoms with Crippen molar-refractivity contribution in [3.8, 4) is 0 Å². The standard InChI is InChI=1S/C21H25FN2O/c1-2-23(15-18-10-12-19(22)13-11-18)21(25)20-9-6-14-24(20)16-17-7-4-3-5-8-17/h3-5,7-8,10-13,20H,2,6,9,14-16H2,1H3. The molecule has 1 fully saturated rings. The van der Waals surface area contributed by atoms with Crippen molar-refractivity contribution in [3.63, 3.8) is 0 Å². The van der Waals surface area contributed by atoms with E-state index in [9.17, 15) is 9.18 Å². The second-order valence-electron chi connectivity index (χ2n) is 6.59. The number of benzene rings is 2. The lowest BCUT2D eigenvalue weighted by molar-refractivity contribution is -0.136. The van der Waals surface area contributed by atoms with E-state index in [0.29, 0.717) is 13.1 Å². The van der Waals surface area contributed by atoms with Crippen molar-refractivity contribution in [3.05, 3.63) is 71.5 Å². The summed E-state index contributed by atoms with van der Waals surface area (Å²) in [4.78, 5) is 17.2. The lowest BCUT2D eigenvalue weighted by atomic mass is 10.1. The van der Waals surface area contributed by atoms with E-state index in [4.69, 9.17) is 0 Å². The number of hydrogen-bond donors (Lipinski definition) is 0. The Bertz CT molecular complexity index is 687. The van der Waals surface area contributed by atoms with Gasteiger partial charge in [-0.15, -0.1) is 0 Å². The van der Waals surface area contributed by atoms with Gasteiger partial charge in [0.05, 0.1) is 6.04 Å². The van der Waals surface area contributed by atoms with Gasteiger partial charge in [0.1, 0.15) is 5.82 Å². The molecule has 1 aliphatic rings. The second-order valence-corrected chi connectivity index (χ2v) is 6.59. The van der Waals surface area contributed by atoms with Crippen molar-refractivity contribution in [1.29, 1.82) is 0 Å². The van der Waals surface area contributed by atoms with Gasteiger partial charge in [-0.2, -0.15) is 0 Å². The molecule has 1 unspecified atom stereocenters. The normalized spacial score (nSPS) is 17.6. The molecule has 3 nitrogen and oxygen atoms in total. The van der Waals surface area contributed by atoms with Gasteiger partial charge >= 0.3 is 0 Å². The Hall–Kier alpha value is -2.20. The highest BCUT2D eigenvalue weighted by Crippen LogP contribution is 2.22. The second kappa shape index (κ2) is 8.26. The maximum Gasteiger partial charge on any atom is 0.240 e. The molecule has 0 aliphatic carbocycles. The molecule has 0 saturated carbocycles. The summed E-state index contributed by atoms with van der Waals surface area (Å²) in [6.07, 6.45) is 1.96. The number of nitrogens with zero attached hydrogens (tertiary/aromatic N) is 2. The summed E-state index contributed by atoms with van der Waals surface area (Å²) in [5.74, 6) is -0.0665. The van der Waals surface area contributed by atoms with Crippen molar-refractivity contribution in [1.82, 2.24) is 9.80 Å². The van der Waals surface area contributed by atoms with Crippen LogP contribution in [0, 0.1) is 5.82 Å². The number of carbonyl (C=O) groups excluding carboxylic acids is 1. The smallest absolute Gasteiger partial charge is 0.240 e. The Morgan fingerprint density at radius 2 is 1.84 bits per heavy atom. The zero-order valence-corrected chi connectivity index (χ0v) is 14.7. The predicted octanol–water partition coefficient (Wildman–Crippen LogP) is 3.84. The Balaban J connectivity index is 1.67. The van der Waals surface area contributed by atoms with E-state index in [2.05, 4.69) is 17.0 Å². The molecule has 2 aromatic carbocycles. The molecule has 1 amide bonds. The Morgan fingerprint density at radius 1 is 1.12 bits per heavy atom. The van der Waals surface area contributed by atoms with Gasteiger partial charge in [0.25, 0.3) is 0 Å². The predicted molar refractivity (Wildman–Crippen MR) is 97.4 cm³/mol. The molecule has 0 spiro atoms. The summed E-state index contributed by atoms with van der Waals surface area (Å²) >= 11 is 0. The van der Waals surface area contributed by atoms with Gasteiger partial charge < -0.3 is 4.90 Å². The van der Waals surface area contributed by atoms with Crippen LogP contribution in [0.2, 0.25) is 0 Å². The van der Waals surface area contributed by atoms with Gasteiger partial charge in [0, 0.05) is 19.6 Å². The minimum atomic E-state index is -0.247. The lowest BCUT2D eigenvalue weighted by Gasteiger charge is -2.30. The monoisotopic (exact) mass is 340 g/mol. The van der Waals surface area contributed by atoms with Crippen LogP contribution in [-0.4, -0.2) is 34.8 Å². The number of likely N-dealkylation sites (N-methyl/N-ethyl adjacent to an activating group) is 1. The summed E-state index contributed by atoms with van der Waals surface area (Å²) in [6, 6.07) is 16.6. The van der Waals surface area contributed by atoms with Crippen LogP contribution >= 0.6 is 0 Å². The van der Waals surface area contributed by atoms with Crippen LogP contribution in [0.25, 0.3) is 0 Å². The molecular formula is C21H25FN2O. The first-order valence-corrected chi connectivity index (χ1v) is 8.98. The molecule has 2 aromatic rings. The highest BCUT2D eigenvalue weighted by atomic mass is 19.1. The maximum absolute atomic E-state index is 13.1. The summed E-state index contributed by atoms with van der Waals surface area (Å²) in [7, 11) is 0. The van der Waals surface area contributed by atoms with Gasteiger partial charge in [0.2, 0.25) is 5.91 Å². The Morgan fingerprint density at radius 3 is 2.52 bits per heavy atom. The van der Waals surface area contributed by atoms with Crippen LogP contribution in [0.1, 0.15) is 30.9 Å². The lowest BCUT2D eigenvalue weighted by Crippen LogP contribution is -2.45. The van der Waals surface area contributed by atoms with Crippen molar-refractivity contribution >= 4 is 5.91 Å². The first kappa shape index (κ1) is 17.6. The molecular weight excluding hydrogens is 315 g/mol. The van der Waals surface area contributed by atoms with Crippen LogP contribution in [0.3, 0.4) is 0 Å². The average molecular weight is 340 g/mol. The van der Waals surface area contributed by atoms with Crippen LogP contribution in [0.5, 0.6) is 0 Å². The quantitative estimate of drug-likeness (QED) is 0.798. The molecule has 1 aliphatic heterocycles. The Labute approximate surface area is 149 Å². The first-order chi connectivity index (χ1) is 12.2. The topological polar surface area (TPSA) is 23.6 Å². The molecule has 25 heavy (non-hydrogen) atoms. The summed E-state index contributed by atoms with van der Waals surface area (Å²) in [5.41, 5.74) is 2.20. The van der Waals surface area contributed by atoms with E-state index in [1.807, 2.05) is 30.0 Å². The minimum Gasteiger partial charge on any atom is -0.337 e. The molecule has 0 bridgehead atoms. The molecule has 132 valence electrons. The number of amides is 1. The molecule has 4 heteroatoms. The molecule has 0 N–H and O–H groups in total. The molecule has 3 rings (SSSR count). The van der Waals surface area contributed by atoms with Crippen molar-refractivity contribution in [2.75, 3.05) is 13.1 Å². The van der Waals surface area contributed by atoms with Gasteiger partial charge in [-0.05, 0) is 49.6 Å². The first-order valence-electron chi connectivity index (χ1n) is 8.98. The van der Waals surface area contributed by atoms with E-state index < -0.39 is 0 Å². The zero-order chi connectivity index (χ0) is 17.6. The van der Waals surface area contributed by atoms with Gasteiger partial charge in [0.15, 0.2) is 0 Å². The largest absolute Gasteiger partial charge is 0.337 e. The van der Waals surface area contributed by atoms with E-state index >= 15 is 0 Å². The van der Waals surface area contributed by atoms with Crippen LogP contribution < -0.4 is 0 Å². The fraction of sp³-hybridized carbons (Fsp3) is 0.381. The molecule has 1 heterocycles. The fourth-order valence-electron chi connectivity index (χ4n) is 3.48.